The summed E-state index contributed by atoms with van der Waals surface area (Å²) in [5, 5.41) is 4.03. The smallest absolute Gasteiger partial charge is 0.228 e. The molecule has 0 saturated heterocycles. The molecule has 16 heavy (non-hydrogen) atoms. The lowest BCUT2D eigenvalue weighted by atomic mass is 10.3. The van der Waals surface area contributed by atoms with Gasteiger partial charge < -0.3 is 5.32 Å². The average molecular weight is 254 g/mol. The number of benzene rings is 1. The Hall–Kier alpha value is -1.32. The highest BCUT2D eigenvalue weighted by Gasteiger charge is 2.03. The lowest BCUT2D eigenvalue weighted by molar-refractivity contribution is 1.11. The van der Waals surface area contributed by atoms with Gasteiger partial charge in [0.15, 0.2) is 0 Å². The Morgan fingerprint density at radius 2 is 1.88 bits per heavy atom. The third kappa shape index (κ3) is 2.62. The summed E-state index contributed by atoms with van der Waals surface area (Å²) in [5.74, 6) is 0.443. The van der Waals surface area contributed by atoms with Crippen LogP contribution in [0.2, 0.25) is 10.2 Å². The third-order valence-corrected chi connectivity index (χ3v) is 2.47. The molecule has 0 bridgehead atoms. The molecule has 0 radical (unpaired) electrons. The van der Waals surface area contributed by atoms with Crippen LogP contribution in [0, 0.1) is 6.92 Å². The molecule has 0 spiro atoms. The Balaban J connectivity index is 2.30. The second kappa shape index (κ2) is 4.68. The zero-order valence-corrected chi connectivity index (χ0v) is 10.0. The number of halogens is 2. The second-order valence-corrected chi connectivity index (χ2v) is 4.05. The molecule has 82 valence electrons. The topological polar surface area (TPSA) is 37.8 Å². The first-order valence-electron chi connectivity index (χ1n) is 4.68. The predicted octanol–water partition coefficient (Wildman–Crippen LogP) is 3.84. The molecule has 0 saturated carbocycles. The van der Waals surface area contributed by atoms with Gasteiger partial charge in [-0.25, -0.2) is 9.97 Å². The van der Waals surface area contributed by atoms with E-state index < -0.39 is 0 Å². The number of aryl methyl sites for hydroxylation is 1. The summed E-state index contributed by atoms with van der Waals surface area (Å²) in [5.41, 5.74) is 1.56. The second-order valence-electron chi connectivity index (χ2n) is 3.26. The van der Waals surface area contributed by atoms with Gasteiger partial charge in [0.1, 0.15) is 5.15 Å². The van der Waals surface area contributed by atoms with Gasteiger partial charge >= 0.3 is 0 Å². The van der Waals surface area contributed by atoms with E-state index in [1.54, 1.807) is 12.1 Å². The predicted molar refractivity (Wildman–Crippen MR) is 66.5 cm³/mol. The largest absolute Gasteiger partial charge is 0.323 e. The molecule has 1 heterocycles. The lowest BCUT2D eigenvalue weighted by Gasteiger charge is -2.07. The molecule has 0 fully saturated rings. The van der Waals surface area contributed by atoms with Crippen molar-refractivity contribution in [2.24, 2.45) is 0 Å². The number of hydrogen-bond acceptors (Lipinski definition) is 3. The highest BCUT2D eigenvalue weighted by atomic mass is 35.5. The fraction of sp³-hybridized carbons (Fsp3) is 0.0909. The van der Waals surface area contributed by atoms with Crippen LogP contribution >= 0.6 is 23.2 Å². The Kier molecular flexibility index (Phi) is 3.27. The Labute approximate surface area is 103 Å². The SMILES string of the molecule is Cc1cc(Cl)nc(Nc2ccccc2Cl)n1. The molecule has 0 aliphatic rings. The standard InChI is InChI=1S/C11H9Cl2N3/c1-7-6-10(13)16-11(14-7)15-9-5-3-2-4-8(9)12/h2-6H,1H3,(H,14,15,16). The van der Waals surface area contributed by atoms with E-state index in [2.05, 4.69) is 15.3 Å². The highest BCUT2D eigenvalue weighted by Crippen LogP contribution is 2.23. The van der Waals surface area contributed by atoms with Crippen LogP contribution in [0.25, 0.3) is 0 Å². The molecule has 0 amide bonds. The molecule has 1 N–H and O–H groups in total. The fourth-order valence-corrected chi connectivity index (χ4v) is 1.69. The number of hydrogen-bond donors (Lipinski definition) is 1. The van der Waals surface area contributed by atoms with Crippen molar-refractivity contribution in [3.05, 3.63) is 46.2 Å². The first kappa shape index (κ1) is 11.2. The summed E-state index contributed by atoms with van der Waals surface area (Å²) in [6.45, 7) is 1.85. The quantitative estimate of drug-likeness (QED) is 0.827. The summed E-state index contributed by atoms with van der Waals surface area (Å²) < 4.78 is 0. The molecular formula is C11H9Cl2N3. The van der Waals surface area contributed by atoms with Crippen molar-refractivity contribution in [2.45, 2.75) is 6.92 Å². The average Bonchev–Trinajstić information content (AvgIpc) is 2.20. The number of nitrogens with zero attached hydrogens (tertiary/aromatic N) is 2. The molecule has 2 aromatic rings. The molecular weight excluding hydrogens is 245 g/mol. The molecule has 0 aliphatic heterocycles. The van der Waals surface area contributed by atoms with Crippen LogP contribution in [0.1, 0.15) is 5.69 Å². The number of rotatable bonds is 2. The normalized spacial score (nSPS) is 10.2. The first-order chi connectivity index (χ1) is 7.65. The van der Waals surface area contributed by atoms with Crippen molar-refractivity contribution in [1.29, 1.82) is 0 Å². The maximum absolute atomic E-state index is 6.00. The first-order valence-corrected chi connectivity index (χ1v) is 5.43. The van der Waals surface area contributed by atoms with Gasteiger partial charge in [0, 0.05) is 5.69 Å². The zero-order chi connectivity index (χ0) is 11.5. The summed E-state index contributed by atoms with van der Waals surface area (Å²) in [4.78, 5) is 8.26. The molecule has 1 aromatic heterocycles. The van der Waals surface area contributed by atoms with E-state index in [0.29, 0.717) is 16.1 Å². The van der Waals surface area contributed by atoms with Crippen molar-refractivity contribution < 1.29 is 0 Å². The van der Waals surface area contributed by atoms with Crippen molar-refractivity contribution in [3.8, 4) is 0 Å². The van der Waals surface area contributed by atoms with E-state index in [4.69, 9.17) is 23.2 Å². The van der Waals surface area contributed by atoms with E-state index >= 15 is 0 Å². The summed E-state index contributed by atoms with van der Waals surface area (Å²) in [6.07, 6.45) is 0. The lowest BCUT2D eigenvalue weighted by Crippen LogP contribution is -1.98. The molecule has 0 unspecified atom stereocenters. The van der Waals surface area contributed by atoms with Crippen LogP contribution in [0.4, 0.5) is 11.6 Å². The molecule has 5 heteroatoms. The molecule has 2 rings (SSSR count). The van der Waals surface area contributed by atoms with Gasteiger partial charge in [-0.2, -0.15) is 0 Å². The fourth-order valence-electron chi connectivity index (χ4n) is 1.27. The van der Waals surface area contributed by atoms with Crippen LogP contribution in [0.5, 0.6) is 0 Å². The Morgan fingerprint density at radius 3 is 2.56 bits per heavy atom. The number of anilines is 2. The van der Waals surface area contributed by atoms with E-state index in [-0.39, 0.29) is 0 Å². The Morgan fingerprint density at radius 1 is 1.12 bits per heavy atom. The van der Waals surface area contributed by atoms with Gasteiger partial charge in [-0.1, -0.05) is 35.3 Å². The third-order valence-electron chi connectivity index (χ3n) is 1.94. The summed E-state index contributed by atoms with van der Waals surface area (Å²) >= 11 is 11.8. The Bertz CT molecular complexity index is 494. The van der Waals surface area contributed by atoms with Gasteiger partial charge in [0.25, 0.3) is 0 Å². The maximum atomic E-state index is 6.00. The van der Waals surface area contributed by atoms with Gasteiger partial charge in [-0.05, 0) is 25.1 Å². The van der Waals surface area contributed by atoms with Gasteiger partial charge in [0.2, 0.25) is 5.95 Å². The van der Waals surface area contributed by atoms with Crippen molar-refractivity contribution in [1.82, 2.24) is 9.97 Å². The van der Waals surface area contributed by atoms with E-state index in [1.165, 1.54) is 0 Å². The molecule has 3 nitrogen and oxygen atoms in total. The van der Waals surface area contributed by atoms with E-state index in [9.17, 15) is 0 Å². The molecule has 0 atom stereocenters. The highest BCUT2D eigenvalue weighted by molar-refractivity contribution is 6.33. The van der Waals surface area contributed by atoms with E-state index in [1.807, 2.05) is 25.1 Å². The van der Waals surface area contributed by atoms with Crippen molar-refractivity contribution in [3.63, 3.8) is 0 Å². The number of nitrogens with one attached hydrogen (secondary N) is 1. The van der Waals surface area contributed by atoms with Crippen molar-refractivity contribution >= 4 is 34.8 Å². The summed E-state index contributed by atoms with van der Waals surface area (Å²) in [7, 11) is 0. The number of para-hydroxylation sites is 1. The van der Waals surface area contributed by atoms with Crippen LogP contribution in [0.15, 0.2) is 30.3 Å². The minimum absolute atomic E-state index is 0.405. The maximum Gasteiger partial charge on any atom is 0.228 e. The van der Waals surface area contributed by atoms with Crippen LogP contribution in [-0.2, 0) is 0 Å². The molecule has 1 aromatic carbocycles. The number of aromatic nitrogens is 2. The van der Waals surface area contributed by atoms with Crippen LogP contribution in [-0.4, -0.2) is 9.97 Å². The van der Waals surface area contributed by atoms with Gasteiger partial charge in [0.05, 0.1) is 10.7 Å². The van der Waals surface area contributed by atoms with E-state index in [0.717, 1.165) is 11.4 Å². The molecule has 0 aliphatic carbocycles. The van der Waals surface area contributed by atoms with Crippen molar-refractivity contribution in [2.75, 3.05) is 5.32 Å². The van der Waals surface area contributed by atoms with Crippen LogP contribution in [0.3, 0.4) is 0 Å². The van der Waals surface area contributed by atoms with Gasteiger partial charge in [-0.3, -0.25) is 0 Å². The van der Waals surface area contributed by atoms with Gasteiger partial charge in [-0.15, -0.1) is 0 Å². The summed E-state index contributed by atoms with van der Waals surface area (Å²) in [6, 6.07) is 9.08. The minimum Gasteiger partial charge on any atom is -0.323 e. The minimum atomic E-state index is 0.405. The van der Waals surface area contributed by atoms with Crippen LogP contribution < -0.4 is 5.32 Å². The monoisotopic (exact) mass is 253 g/mol. The zero-order valence-electron chi connectivity index (χ0n) is 8.54.